The van der Waals surface area contributed by atoms with Crippen molar-refractivity contribution in [3.05, 3.63) is 52.7 Å². The molecule has 1 heterocycles. The van der Waals surface area contributed by atoms with Crippen molar-refractivity contribution in [2.75, 3.05) is 0 Å². The van der Waals surface area contributed by atoms with Crippen LogP contribution >= 0.6 is 23.4 Å². The predicted octanol–water partition coefficient (Wildman–Crippen LogP) is 3.73. The van der Waals surface area contributed by atoms with E-state index in [-0.39, 0.29) is 0 Å². The number of hydrogen-bond acceptors (Lipinski definition) is 3. The van der Waals surface area contributed by atoms with Crippen LogP contribution in [0.5, 0.6) is 0 Å². The highest BCUT2D eigenvalue weighted by molar-refractivity contribution is 7.98. The number of benzene rings is 1. The quantitative estimate of drug-likeness (QED) is 0.777. The first-order chi connectivity index (χ1) is 7.75. The first-order valence-electron chi connectivity index (χ1n) is 4.92. The number of thioether (sulfide) groups is 1. The summed E-state index contributed by atoms with van der Waals surface area (Å²) in [6.07, 6.45) is 0. The van der Waals surface area contributed by atoms with Crippen LogP contribution in [0.1, 0.15) is 11.3 Å². The molecule has 0 aliphatic rings. The van der Waals surface area contributed by atoms with Crippen molar-refractivity contribution in [1.29, 1.82) is 0 Å². The lowest BCUT2D eigenvalue weighted by molar-refractivity contribution is 0.895. The van der Waals surface area contributed by atoms with Crippen LogP contribution in [-0.4, -0.2) is 10.2 Å². The second-order valence-electron chi connectivity index (χ2n) is 3.39. The molecular weight excluding hydrogens is 240 g/mol. The van der Waals surface area contributed by atoms with Crippen LogP contribution in [0.25, 0.3) is 0 Å². The lowest BCUT2D eigenvalue weighted by atomic mass is 10.2. The van der Waals surface area contributed by atoms with Crippen LogP contribution in [0.3, 0.4) is 0 Å². The minimum absolute atomic E-state index is 0.801. The summed E-state index contributed by atoms with van der Waals surface area (Å²) >= 11 is 7.70. The fourth-order valence-electron chi connectivity index (χ4n) is 1.23. The summed E-state index contributed by atoms with van der Waals surface area (Å²) in [6.45, 7) is 1.93. The molecule has 0 amide bonds. The third-order valence-corrected chi connectivity index (χ3v) is 3.44. The van der Waals surface area contributed by atoms with Gasteiger partial charge in [-0.3, -0.25) is 0 Å². The highest BCUT2D eigenvalue weighted by atomic mass is 35.5. The van der Waals surface area contributed by atoms with Gasteiger partial charge in [-0.25, -0.2) is 0 Å². The van der Waals surface area contributed by atoms with Gasteiger partial charge in [0.15, 0.2) is 0 Å². The third kappa shape index (κ3) is 2.97. The third-order valence-electron chi connectivity index (χ3n) is 2.11. The number of halogens is 1. The fourth-order valence-corrected chi connectivity index (χ4v) is 2.33. The molecule has 16 heavy (non-hydrogen) atoms. The Kier molecular flexibility index (Phi) is 3.80. The van der Waals surface area contributed by atoms with Gasteiger partial charge in [0.05, 0.1) is 5.69 Å². The van der Waals surface area contributed by atoms with Gasteiger partial charge in [0.2, 0.25) is 0 Å². The number of nitrogens with zero attached hydrogens (tertiary/aromatic N) is 2. The predicted molar refractivity (Wildman–Crippen MR) is 67.8 cm³/mol. The summed E-state index contributed by atoms with van der Waals surface area (Å²) < 4.78 is 0. The Balaban J connectivity index is 2.02. The zero-order valence-electron chi connectivity index (χ0n) is 8.85. The average molecular weight is 251 g/mol. The highest BCUT2D eigenvalue weighted by Gasteiger charge is 2.01. The van der Waals surface area contributed by atoms with Crippen LogP contribution < -0.4 is 0 Å². The molecule has 0 saturated carbocycles. The van der Waals surface area contributed by atoms with Gasteiger partial charge in [-0.15, -0.1) is 5.10 Å². The molecular formula is C12H11ClN2S. The number of aryl methyl sites for hydroxylation is 1. The smallest absolute Gasteiger partial charge is 0.119 e. The van der Waals surface area contributed by atoms with Crippen LogP contribution in [0.15, 0.2) is 41.4 Å². The van der Waals surface area contributed by atoms with Gasteiger partial charge in [0, 0.05) is 10.8 Å². The number of aromatic nitrogens is 2. The molecule has 0 aliphatic heterocycles. The van der Waals surface area contributed by atoms with E-state index in [1.54, 1.807) is 11.8 Å². The first kappa shape index (κ1) is 11.4. The zero-order chi connectivity index (χ0) is 11.4. The summed E-state index contributed by atoms with van der Waals surface area (Å²) in [5.41, 5.74) is 2.05. The average Bonchev–Trinajstić information content (AvgIpc) is 2.30. The molecule has 1 aromatic carbocycles. The molecule has 82 valence electrons. The molecule has 1 aromatic heterocycles. The Labute approximate surface area is 104 Å². The molecule has 2 rings (SSSR count). The second-order valence-corrected chi connectivity index (χ2v) is 4.80. The van der Waals surface area contributed by atoms with Crippen LogP contribution in [0.2, 0.25) is 5.02 Å². The van der Waals surface area contributed by atoms with Crippen molar-refractivity contribution in [2.24, 2.45) is 0 Å². The standard InChI is InChI=1S/C12H11ClN2S/c1-9-6-7-12(15-14-9)16-8-10-4-2-3-5-11(10)13/h2-7H,8H2,1H3. The van der Waals surface area contributed by atoms with Gasteiger partial charge in [-0.1, -0.05) is 41.6 Å². The van der Waals surface area contributed by atoms with Crippen LogP contribution in [0, 0.1) is 6.92 Å². The molecule has 2 aromatic rings. The van der Waals surface area contributed by atoms with Crippen molar-refractivity contribution in [3.8, 4) is 0 Å². The minimum Gasteiger partial charge on any atom is -0.155 e. The van der Waals surface area contributed by atoms with E-state index in [9.17, 15) is 0 Å². The van der Waals surface area contributed by atoms with E-state index in [4.69, 9.17) is 11.6 Å². The largest absolute Gasteiger partial charge is 0.155 e. The van der Waals surface area contributed by atoms with Crippen molar-refractivity contribution in [3.63, 3.8) is 0 Å². The van der Waals surface area contributed by atoms with E-state index in [0.717, 1.165) is 27.1 Å². The van der Waals surface area contributed by atoms with Crippen LogP contribution in [-0.2, 0) is 5.75 Å². The molecule has 0 saturated heterocycles. The topological polar surface area (TPSA) is 25.8 Å². The van der Waals surface area contributed by atoms with Gasteiger partial charge in [-0.05, 0) is 30.7 Å². The van der Waals surface area contributed by atoms with Crippen molar-refractivity contribution in [2.45, 2.75) is 17.7 Å². The Morgan fingerprint density at radius 3 is 2.62 bits per heavy atom. The lowest BCUT2D eigenvalue weighted by Crippen LogP contribution is -1.88. The van der Waals surface area contributed by atoms with E-state index < -0.39 is 0 Å². The Hall–Kier alpha value is -1.06. The normalized spacial score (nSPS) is 10.4. The van der Waals surface area contributed by atoms with Gasteiger partial charge in [0.25, 0.3) is 0 Å². The summed E-state index contributed by atoms with van der Waals surface area (Å²) in [7, 11) is 0. The van der Waals surface area contributed by atoms with Crippen molar-refractivity contribution in [1.82, 2.24) is 10.2 Å². The molecule has 0 N–H and O–H groups in total. The Morgan fingerprint density at radius 1 is 1.12 bits per heavy atom. The minimum atomic E-state index is 0.801. The van der Waals surface area contributed by atoms with E-state index in [0.29, 0.717) is 0 Å². The van der Waals surface area contributed by atoms with Gasteiger partial charge < -0.3 is 0 Å². The van der Waals surface area contributed by atoms with Gasteiger partial charge >= 0.3 is 0 Å². The summed E-state index contributed by atoms with van der Waals surface area (Å²) in [6, 6.07) is 11.8. The molecule has 4 heteroatoms. The summed E-state index contributed by atoms with van der Waals surface area (Å²) in [5.74, 6) is 0.817. The number of rotatable bonds is 3. The molecule has 0 unspecified atom stereocenters. The maximum absolute atomic E-state index is 6.07. The Morgan fingerprint density at radius 2 is 1.94 bits per heavy atom. The van der Waals surface area contributed by atoms with Gasteiger partial charge in [0.1, 0.15) is 5.03 Å². The molecule has 0 aliphatic carbocycles. The number of hydrogen-bond donors (Lipinski definition) is 0. The summed E-state index contributed by atoms with van der Waals surface area (Å²) in [4.78, 5) is 0. The fraction of sp³-hybridized carbons (Fsp3) is 0.167. The maximum Gasteiger partial charge on any atom is 0.119 e. The molecule has 0 bridgehead atoms. The van der Waals surface area contributed by atoms with E-state index in [1.807, 2.05) is 43.3 Å². The molecule has 2 nitrogen and oxygen atoms in total. The van der Waals surface area contributed by atoms with Crippen LogP contribution in [0.4, 0.5) is 0 Å². The monoisotopic (exact) mass is 250 g/mol. The maximum atomic E-state index is 6.07. The van der Waals surface area contributed by atoms with Crippen molar-refractivity contribution < 1.29 is 0 Å². The highest BCUT2D eigenvalue weighted by Crippen LogP contribution is 2.24. The molecule has 0 fully saturated rings. The zero-order valence-corrected chi connectivity index (χ0v) is 10.4. The Bertz CT molecular complexity index is 471. The van der Waals surface area contributed by atoms with Gasteiger partial charge in [-0.2, -0.15) is 5.10 Å². The van der Waals surface area contributed by atoms with E-state index >= 15 is 0 Å². The van der Waals surface area contributed by atoms with Crippen molar-refractivity contribution >= 4 is 23.4 Å². The summed E-state index contributed by atoms with van der Waals surface area (Å²) in [5, 5.41) is 9.83. The molecule has 0 radical (unpaired) electrons. The van der Waals surface area contributed by atoms with E-state index in [2.05, 4.69) is 10.2 Å². The molecule has 0 atom stereocenters. The first-order valence-corrected chi connectivity index (χ1v) is 6.28. The SMILES string of the molecule is Cc1ccc(SCc2ccccc2Cl)nn1. The second kappa shape index (κ2) is 5.32. The lowest BCUT2D eigenvalue weighted by Gasteiger charge is -2.02. The van der Waals surface area contributed by atoms with E-state index in [1.165, 1.54) is 0 Å². The molecule has 0 spiro atoms.